The molecule has 1 fully saturated rings. The van der Waals surface area contributed by atoms with Crippen molar-refractivity contribution >= 4 is 11.6 Å². The first-order chi connectivity index (χ1) is 12.3. The third kappa shape index (κ3) is 3.24. The largest absolute Gasteiger partial charge is 0.368 e. The summed E-state index contributed by atoms with van der Waals surface area (Å²) in [7, 11) is 0. The minimum Gasteiger partial charge on any atom is -0.368 e. The molecule has 0 aliphatic carbocycles. The van der Waals surface area contributed by atoms with Gasteiger partial charge in [0, 0.05) is 50.5 Å². The summed E-state index contributed by atoms with van der Waals surface area (Å²) >= 11 is 0. The number of piperazine rings is 1. The molecule has 1 aliphatic rings. The molecule has 6 nitrogen and oxygen atoms in total. The van der Waals surface area contributed by atoms with E-state index in [0.29, 0.717) is 18.8 Å². The first kappa shape index (κ1) is 15.4. The van der Waals surface area contributed by atoms with Gasteiger partial charge in [0.15, 0.2) is 0 Å². The molecule has 1 amide bonds. The number of amides is 1. The number of rotatable bonds is 3. The summed E-state index contributed by atoms with van der Waals surface area (Å²) in [4.78, 5) is 25.3. The van der Waals surface area contributed by atoms with Gasteiger partial charge in [0.05, 0.1) is 12.0 Å². The molecule has 126 valence electrons. The van der Waals surface area contributed by atoms with E-state index in [1.165, 1.54) is 5.69 Å². The summed E-state index contributed by atoms with van der Waals surface area (Å²) in [6.45, 7) is 3.06. The number of anilines is 1. The minimum absolute atomic E-state index is 0.0188. The summed E-state index contributed by atoms with van der Waals surface area (Å²) in [6.07, 6.45) is 6.94. The maximum absolute atomic E-state index is 12.8. The van der Waals surface area contributed by atoms with Crippen molar-refractivity contribution in [1.29, 1.82) is 0 Å². The van der Waals surface area contributed by atoms with Gasteiger partial charge in [-0.2, -0.15) is 0 Å². The first-order valence-electron chi connectivity index (χ1n) is 8.35. The molecule has 0 atom stereocenters. The van der Waals surface area contributed by atoms with Gasteiger partial charge in [-0.05, 0) is 24.3 Å². The number of nitrogens with zero attached hydrogens (tertiary/aromatic N) is 5. The van der Waals surface area contributed by atoms with E-state index in [2.05, 4.69) is 27.0 Å². The van der Waals surface area contributed by atoms with Crippen molar-refractivity contribution in [1.82, 2.24) is 19.4 Å². The quantitative estimate of drug-likeness (QED) is 0.737. The summed E-state index contributed by atoms with van der Waals surface area (Å²) in [6, 6.07) is 14.0. The van der Waals surface area contributed by atoms with Crippen LogP contribution in [0.5, 0.6) is 0 Å². The Morgan fingerprint density at radius 2 is 1.72 bits per heavy atom. The molecule has 4 rings (SSSR count). The second-order valence-corrected chi connectivity index (χ2v) is 5.98. The number of hydrogen-bond donors (Lipinski definition) is 0. The topological polar surface area (TPSA) is 54.3 Å². The normalized spacial score (nSPS) is 14.6. The molecular weight excluding hydrogens is 314 g/mol. The van der Waals surface area contributed by atoms with Gasteiger partial charge in [0.25, 0.3) is 5.91 Å². The van der Waals surface area contributed by atoms with Gasteiger partial charge in [-0.1, -0.05) is 18.2 Å². The van der Waals surface area contributed by atoms with E-state index in [1.807, 2.05) is 46.0 Å². The first-order valence-corrected chi connectivity index (χ1v) is 8.35. The van der Waals surface area contributed by atoms with E-state index < -0.39 is 0 Å². The lowest BCUT2D eigenvalue weighted by Crippen LogP contribution is -2.49. The second-order valence-electron chi connectivity index (χ2n) is 5.98. The van der Waals surface area contributed by atoms with E-state index in [-0.39, 0.29) is 5.91 Å². The molecule has 0 N–H and O–H groups in total. The van der Waals surface area contributed by atoms with Crippen LogP contribution in [-0.2, 0) is 0 Å². The highest BCUT2D eigenvalue weighted by molar-refractivity contribution is 5.93. The molecule has 0 unspecified atom stereocenters. The van der Waals surface area contributed by atoms with Gasteiger partial charge in [0.2, 0.25) is 0 Å². The van der Waals surface area contributed by atoms with Crippen LogP contribution in [0.4, 0.5) is 5.69 Å². The van der Waals surface area contributed by atoms with Gasteiger partial charge >= 0.3 is 0 Å². The Morgan fingerprint density at radius 1 is 0.920 bits per heavy atom. The molecule has 1 aromatic carbocycles. The van der Waals surface area contributed by atoms with Gasteiger partial charge in [0.1, 0.15) is 5.69 Å². The third-order valence-corrected chi connectivity index (χ3v) is 4.45. The minimum atomic E-state index is -0.0188. The summed E-state index contributed by atoms with van der Waals surface area (Å²) in [5.74, 6) is -0.0188. The average Bonchev–Trinajstić information content (AvgIpc) is 3.23. The third-order valence-electron chi connectivity index (χ3n) is 4.45. The van der Waals surface area contributed by atoms with Gasteiger partial charge in [-0.3, -0.25) is 9.78 Å². The van der Waals surface area contributed by atoms with E-state index in [1.54, 1.807) is 18.7 Å². The van der Waals surface area contributed by atoms with Crippen LogP contribution in [0.3, 0.4) is 0 Å². The number of para-hydroxylation sites is 1. The lowest BCUT2D eigenvalue weighted by Gasteiger charge is -2.36. The zero-order valence-electron chi connectivity index (χ0n) is 13.8. The number of pyridine rings is 1. The van der Waals surface area contributed by atoms with Crippen LogP contribution in [0, 0.1) is 0 Å². The van der Waals surface area contributed by atoms with E-state index in [4.69, 9.17) is 0 Å². The molecule has 0 radical (unpaired) electrons. The van der Waals surface area contributed by atoms with Crippen LogP contribution in [-0.4, -0.2) is 51.5 Å². The van der Waals surface area contributed by atoms with Crippen molar-refractivity contribution in [2.45, 2.75) is 0 Å². The maximum Gasteiger partial charge on any atom is 0.272 e. The van der Waals surface area contributed by atoms with Crippen molar-refractivity contribution in [3.05, 3.63) is 73.1 Å². The highest BCUT2D eigenvalue weighted by Gasteiger charge is 2.23. The molecule has 1 saturated heterocycles. The molecular formula is C19H19N5O. The predicted molar refractivity (Wildman–Crippen MR) is 95.9 cm³/mol. The molecule has 0 spiro atoms. The van der Waals surface area contributed by atoms with Crippen LogP contribution < -0.4 is 4.90 Å². The Kier molecular flexibility index (Phi) is 4.16. The number of carbonyl (C=O) groups is 1. The fraction of sp³-hybridized carbons (Fsp3) is 0.211. The smallest absolute Gasteiger partial charge is 0.272 e. The molecule has 2 aromatic heterocycles. The molecule has 3 aromatic rings. The van der Waals surface area contributed by atoms with E-state index >= 15 is 0 Å². The Labute approximate surface area is 146 Å². The van der Waals surface area contributed by atoms with Crippen molar-refractivity contribution in [2.24, 2.45) is 0 Å². The zero-order chi connectivity index (χ0) is 17.1. The van der Waals surface area contributed by atoms with Crippen molar-refractivity contribution in [2.75, 3.05) is 31.1 Å². The molecule has 6 heteroatoms. The Morgan fingerprint density at radius 3 is 2.44 bits per heavy atom. The number of imidazole rings is 1. The Bertz CT molecular complexity index is 839. The van der Waals surface area contributed by atoms with Crippen LogP contribution in [0.2, 0.25) is 0 Å². The van der Waals surface area contributed by atoms with E-state index in [9.17, 15) is 4.79 Å². The highest BCUT2D eigenvalue weighted by Crippen LogP contribution is 2.17. The SMILES string of the molecule is O=C(c1cc(-n2ccnc2)ccn1)N1CCN(c2ccccc2)CC1. The number of benzene rings is 1. The molecule has 3 heterocycles. The average molecular weight is 333 g/mol. The molecule has 1 aliphatic heterocycles. The van der Waals surface area contributed by atoms with Crippen molar-refractivity contribution in [3.63, 3.8) is 0 Å². The maximum atomic E-state index is 12.8. The van der Waals surface area contributed by atoms with Crippen LogP contribution >= 0.6 is 0 Å². The lowest BCUT2D eigenvalue weighted by molar-refractivity contribution is 0.0741. The fourth-order valence-electron chi connectivity index (χ4n) is 3.08. The van der Waals surface area contributed by atoms with Crippen LogP contribution in [0.15, 0.2) is 67.4 Å². The van der Waals surface area contributed by atoms with E-state index in [0.717, 1.165) is 18.8 Å². The van der Waals surface area contributed by atoms with Gasteiger partial charge < -0.3 is 14.4 Å². The number of aromatic nitrogens is 3. The predicted octanol–water partition coefficient (Wildman–Crippen LogP) is 2.23. The summed E-state index contributed by atoms with van der Waals surface area (Å²) < 4.78 is 1.87. The number of hydrogen-bond acceptors (Lipinski definition) is 4. The second kappa shape index (κ2) is 6.76. The zero-order valence-corrected chi connectivity index (χ0v) is 13.8. The standard InChI is InChI=1S/C19H19N5O/c25-19(18-14-17(6-7-21-18)24-9-8-20-15-24)23-12-10-22(11-13-23)16-4-2-1-3-5-16/h1-9,14-15H,10-13H2. The Balaban J connectivity index is 1.45. The molecule has 0 saturated carbocycles. The lowest BCUT2D eigenvalue weighted by atomic mass is 10.2. The van der Waals surface area contributed by atoms with Crippen LogP contribution in [0.25, 0.3) is 5.69 Å². The molecule has 0 bridgehead atoms. The van der Waals surface area contributed by atoms with Crippen molar-refractivity contribution < 1.29 is 4.79 Å². The monoisotopic (exact) mass is 333 g/mol. The van der Waals surface area contributed by atoms with Crippen LogP contribution in [0.1, 0.15) is 10.5 Å². The van der Waals surface area contributed by atoms with Gasteiger partial charge in [-0.15, -0.1) is 0 Å². The summed E-state index contributed by atoms with van der Waals surface area (Å²) in [5.41, 5.74) is 2.56. The number of carbonyl (C=O) groups excluding carboxylic acids is 1. The molecule has 25 heavy (non-hydrogen) atoms. The fourth-order valence-corrected chi connectivity index (χ4v) is 3.08. The highest BCUT2D eigenvalue weighted by atomic mass is 16.2. The Hall–Kier alpha value is -3.15. The van der Waals surface area contributed by atoms with Crippen molar-refractivity contribution in [3.8, 4) is 5.69 Å². The summed E-state index contributed by atoms with van der Waals surface area (Å²) in [5, 5.41) is 0. The van der Waals surface area contributed by atoms with Gasteiger partial charge in [-0.25, -0.2) is 4.98 Å².